The molecule has 0 amide bonds. The highest BCUT2D eigenvalue weighted by Crippen LogP contribution is 2.29. The summed E-state index contributed by atoms with van der Waals surface area (Å²) in [4.78, 5) is 0. The zero-order chi connectivity index (χ0) is 15.9. The van der Waals surface area contributed by atoms with E-state index in [9.17, 15) is 5.11 Å². The molecule has 21 heavy (non-hydrogen) atoms. The number of hydrogen-bond acceptors (Lipinski definition) is 3. The molecule has 0 aliphatic heterocycles. The van der Waals surface area contributed by atoms with Gasteiger partial charge in [-0.15, -0.1) is 0 Å². The van der Waals surface area contributed by atoms with Crippen LogP contribution in [0.2, 0.25) is 12.6 Å². The molecule has 0 heterocycles. The molecule has 0 saturated carbocycles. The van der Waals surface area contributed by atoms with Gasteiger partial charge in [0, 0.05) is 0 Å². The van der Waals surface area contributed by atoms with Crippen LogP contribution in [0.5, 0.6) is 0 Å². The Hall–Kier alpha value is -0.683. The third-order valence-electron chi connectivity index (χ3n) is 3.10. The Morgan fingerprint density at radius 1 is 1.19 bits per heavy atom. The molecule has 0 radical (unpaired) electrons. The molecule has 1 N–H and O–H groups in total. The second-order valence-corrected chi connectivity index (χ2v) is 11.2. The number of ether oxygens (including phenoxy) is 1. The third-order valence-corrected chi connectivity index (χ3v) is 6.58. The minimum Gasteiger partial charge on any atom is -0.412 e. The monoisotopic (exact) mass is 310 g/mol. The average molecular weight is 311 g/mol. The van der Waals surface area contributed by atoms with Gasteiger partial charge in [-0.05, 0) is 30.5 Å². The van der Waals surface area contributed by atoms with Crippen molar-refractivity contribution in [2.24, 2.45) is 5.41 Å². The van der Waals surface area contributed by atoms with E-state index in [2.05, 4.69) is 39.5 Å². The number of aliphatic hydroxyl groups excluding tert-OH is 1. The summed E-state index contributed by atoms with van der Waals surface area (Å²) in [6.07, 6.45) is 0.234. The molecule has 120 valence electrons. The van der Waals surface area contributed by atoms with Crippen molar-refractivity contribution in [3.8, 4) is 0 Å². The summed E-state index contributed by atoms with van der Waals surface area (Å²) < 4.78 is 12.0. The Labute approximate surface area is 130 Å². The zero-order valence-corrected chi connectivity index (χ0v) is 15.1. The lowest BCUT2D eigenvalue weighted by atomic mass is 10.0. The fourth-order valence-electron chi connectivity index (χ4n) is 2.55. The second kappa shape index (κ2) is 8.08. The van der Waals surface area contributed by atoms with E-state index in [0.29, 0.717) is 19.4 Å². The van der Waals surface area contributed by atoms with Gasteiger partial charge in [0.15, 0.2) is 0 Å². The van der Waals surface area contributed by atoms with E-state index < -0.39 is 14.4 Å². The van der Waals surface area contributed by atoms with Gasteiger partial charge in [-0.3, -0.25) is 0 Å². The molecule has 2 unspecified atom stereocenters. The molecule has 3 nitrogen and oxygen atoms in total. The van der Waals surface area contributed by atoms with Gasteiger partial charge in [0.05, 0.1) is 25.5 Å². The van der Waals surface area contributed by atoms with Crippen molar-refractivity contribution in [1.29, 1.82) is 0 Å². The number of rotatable bonds is 8. The van der Waals surface area contributed by atoms with E-state index in [4.69, 9.17) is 9.16 Å². The largest absolute Gasteiger partial charge is 0.412 e. The SMILES string of the molecule is CC(O)CO[Si](C)(COCc1ccccc1)CC(C)(C)C. The predicted octanol–water partition coefficient (Wildman–Crippen LogP) is 3.76. The molecular formula is C17H30O3Si. The van der Waals surface area contributed by atoms with Crippen LogP contribution in [-0.2, 0) is 15.8 Å². The topological polar surface area (TPSA) is 38.7 Å². The van der Waals surface area contributed by atoms with E-state index >= 15 is 0 Å². The fourth-order valence-corrected chi connectivity index (χ4v) is 6.25. The summed E-state index contributed by atoms with van der Waals surface area (Å²) in [5.74, 6) is 0. The number of hydrogen-bond donors (Lipinski definition) is 1. The summed E-state index contributed by atoms with van der Waals surface area (Å²) in [6.45, 7) is 11.6. The predicted molar refractivity (Wildman–Crippen MR) is 89.6 cm³/mol. The van der Waals surface area contributed by atoms with Gasteiger partial charge in [0.2, 0.25) is 8.32 Å². The van der Waals surface area contributed by atoms with Crippen LogP contribution in [-0.4, -0.2) is 32.4 Å². The van der Waals surface area contributed by atoms with Gasteiger partial charge in [-0.2, -0.15) is 0 Å². The van der Waals surface area contributed by atoms with Crippen LogP contribution in [0.15, 0.2) is 30.3 Å². The summed E-state index contributed by atoms with van der Waals surface area (Å²) >= 11 is 0. The van der Waals surface area contributed by atoms with Crippen molar-refractivity contribution in [3.05, 3.63) is 35.9 Å². The lowest BCUT2D eigenvalue weighted by molar-refractivity contribution is 0.0958. The van der Waals surface area contributed by atoms with Crippen molar-refractivity contribution in [3.63, 3.8) is 0 Å². The molecule has 2 atom stereocenters. The van der Waals surface area contributed by atoms with Crippen LogP contribution in [0.4, 0.5) is 0 Å². The van der Waals surface area contributed by atoms with Gasteiger partial charge in [0.25, 0.3) is 0 Å². The van der Waals surface area contributed by atoms with Crippen molar-refractivity contribution >= 4 is 8.32 Å². The number of benzene rings is 1. The third kappa shape index (κ3) is 8.36. The quantitative estimate of drug-likeness (QED) is 0.743. The van der Waals surface area contributed by atoms with E-state index in [1.165, 1.54) is 5.56 Å². The lowest BCUT2D eigenvalue weighted by Crippen LogP contribution is -2.45. The molecular weight excluding hydrogens is 280 g/mol. The molecule has 0 aromatic heterocycles. The molecule has 0 fully saturated rings. The molecule has 1 rings (SSSR count). The first-order valence-corrected chi connectivity index (χ1v) is 10.5. The van der Waals surface area contributed by atoms with E-state index in [1.807, 2.05) is 18.2 Å². The molecule has 0 saturated heterocycles. The highest BCUT2D eigenvalue weighted by molar-refractivity contribution is 6.72. The first-order valence-electron chi connectivity index (χ1n) is 7.64. The maximum Gasteiger partial charge on any atom is 0.215 e. The standard InChI is InChI=1S/C17H30O3Si/c1-15(18)11-20-21(5,13-17(2,3)4)14-19-12-16-9-7-6-8-10-16/h6-10,15,18H,11-14H2,1-5H3. The Kier molecular flexibility index (Phi) is 7.07. The minimum atomic E-state index is -1.98. The van der Waals surface area contributed by atoms with Crippen LogP contribution in [0.1, 0.15) is 33.3 Å². The van der Waals surface area contributed by atoms with Crippen molar-refractivity contribution in [1.82, 2.24) is 0 Å². The van der Waals surface area contributed by atoms with Crippen LogP contribution in [0, 0.1) is 5.41 Å². The van der Waals surface area contributed by atoms with Gasteiger partial charge in [-0.25, -0.2) is 0 Å². The highest BCUT2D eigenvalue weighted by atomic mass is 28.4. The molecule has 1 aromatic rings. The molecule has 0 aliphatic carbocycles. The number of aliphatic hydroxyl groups is 1. The normalized spacial score (nSPS) is 16.5. The Morgan fingerprint density at radius 3 is 2.33 bits per heavy atom. The van der Waals surface area contributed by atoms with Crippen LogP contribution in [0.3, 0.4) is 0 Å². The van der Waals surface area contributed by atoms with Gasteiger partial charge >= 0.3 is 0 Å². The van der Waals surface area contributed by atoms with Crippen LogP contribution in [0.25, 0.3) is 0 Å². The van der Waals surface area contributed by atoms with Crippen molar-refractivity contribution < 1.29 is 14.3 Å². The van der Waals surface area contributed by atoms with Crippen molar-refractivity contribution in [2.45, 2.75) is 53.0 Å². The Bertz CT molecular complexity index is 400. The van der Waals surface area contributed by atoms with E-state index in [1.54, 1.807) is 6.92 Å². The first-order chi connectivity index (χ1) is 9.70. The maximum absolute atomic E-state index is 9.47. The lowest BCUT2D eigenvalue weighted by Gasteiger charge is -2.33. The van der Waals surface area contributed by atoms with Gasteiger partial charge in [0.1, 0.15) is 0 Å². The van der Waals surface area contributed by atoms with E-state index in [-0.39, 0.29) is 5.41 Å². The molecule has 0 aliphatic rings. The maximum atomic E-state index is 9.47. The average Bonchev–Trinajstić information content (AvgIpc) is 2.36. The van der Waals surface area contributed by atoms with Crippen molar-refractivity contribution in [2.75, 3.05) is 12.8 Å². The second-order valence-electron chi connectivity index (χ2n) is 7.33. The summed E-state index contributed by atoms with van der Waals surface area (Å²) in [7, 11) is -1.98. The Morgan fingerprint density at radius 2 is 1.81 bits per heavy atom. The van der Waals surface area contributed by atoms with Gasteiger partial charge in [-0.1, -0.05) is 51.1 Å². The first kappa shape index (κ1) is 18.4. The molecule has 0 bridgehead atoms. The summed E-state index contributed by atoms with van der Waals surface area (Å²) in [5.41, 5.74) is 1.38. The molecule has 4 heteroatoms. The van der Waals surface area contributed by atoms with E-state index in [0.717, 1.165) is 6.04 Å². The highest BCUT2D eigenvalue weighted by Gasteiger charge is 2.35. The smallest absolute Gasteiger partial charge is 0.215 e. The minimum absolute atomic E-state index is 0.204. The van der Waals surface area contributed by atoms with Crippen LogP contribution < -0.4 is 0 Å². The zero-order valence-electron chi connectivity index (χ0n) is 14.1. The van der Waals surface area contributed by atoms with Gasteiger partial charge < -0.3 is 14.3 Å². The molecule has 0 spiro atoms. The summed E-state index contributed by atoms with van der Waals surface area (Å²) in [6, 6.07) is 11.2. The summed E-state index contributed by atoms with van der Waals surface area (Å²) in [5, 5.41) is 9.47. The fraction of sp³-hybridized carbons (Fsp3) is 0.647. The molecule has 1 aromatic carbocycles. The Balaban J connectivity index is 2.55. The van der Waals surface area contributed by atoms with Crippen LogP contribution >= 0.6 is 0 Å².